The second-order valence-electron chi connectivity index (χ2n) is 7.11. The Labute approximate surface area is 175 Å². The first-order valence-corrected chi connectivity index (χ1v) is 10.1. The predicted octanol–water partition coefficient (Wildman–Crippen LogP) is 3.21. The molecule has 7 nitrogen and oxygen atoms in total. The maximum absolute atomic E-state index is 13.0. The highest BCUT2D eigenvalue weighted by atomic mass is 16.3. The summed E-state index contributed by atoms with van der Waals surface area (Å²) in [5.74, 6) is 0.0711. The number of aryl methyl sites for hydroxylation is 2. The van der Waals surface area contributed by atoms with Gasteiger partial charge in [0.05, 0.1) is 0 Å². The van der Waals surface area contributed by atoms with E-state index in [1.165, 1.54) is 15.3 Å². The number of aromatic hydroxyl groups is 1. The summed E-state index contributed by atoms with van der Waals surface area (Å²) < 4.78 is 2.42. The molecule has 0 amide bonds. The fourth-order valence-electron chi connectivity index (χ4n) is 3.15. The van der Waals surface area contributed by atoms with Crippen molar-refractivity contribution < 1.29 is 5.11 Å². The van der Waals surface area contributed by atoms with E-state index in [4.69, 9.17) is 0 Å². The number of nitrogens with zero attached hydrogens (tertiary/aromatic N) is 4. The largest absolute Gasteiger partial charge is 0.494 e. The molecule has 0 saturated heterocycles. The first kappa shape index (κ1) is 21.2. The Hall–Kier alpha value is -3.48. The molecule has 0 aliphatic rings. The molecule has 1 aromatic carbocycles. The van der Waals surface area contributed by atoms with Crippen molar-refractivity contribution >= 4 is 12.0 Å². The third-order valence-electron chi connectivity index (χ3n) is 4.84. The van der Waals surface area contributed by atoms with Crippen molar-refractivity contribution in [2.45, 2.75) is 46.2 Å². The zero-order chi connectivity index (χ0) is 21.5. The van der Waals surface area contributed by atoms with Crippen LogP contribution in [0.3, 0.4) is 0 Å². The standard InChI is InChI=1S/C23H26N4O3/c1-3-4-14-26-21(28)19(16-24-20-12-8-9-17(2)25-20)22(29)27(23(26)30)15-13-18-10-6-5-7-11-18/h5-12,16,28H,3-4,13-15H2,1-2H3. The molecule has 0 unspecified atom stereocenters. The van der Waals surface area contributed by atoms with E-state index in [1.807, 2.05) is 56.3 Å². The quantitative estimate of drug-likeness (QED) is 0.582. The maximum Gasteiger partial charge on any atom is 0.333 e. The van der Waals surface area contributed by atoms with E-state index in [-0.39, 0.29) is 18.0 Å². The van der Waals surface area contributed by atoms with Crippen molar-refractivity contribution in [3.8, 4) is 5.88 Å². The molecule has 2 aromatic heterocycles. The van der Waals surface area contributed by atoms with Crippen LogP contribution in [0.4, 0.5) is 5.82 Å². The molecule has 3 aromatic rings. The van der Waals surface area contributed by atoms with Gasteiger partial charge in [-0.3, -0.25) is 13.9 Å². The van der Waals surface area contributed by atoms with Gasteiger partial charge in [-0.2, -0.15) is 0 Å². The average molecular weight is 406 g/mol. The van der Waals surface area contributed by atoms with Crippen LogP contribution in [0.2, 0.25) is 0 Å². The van der Waals surface area contributed by atoms with Crippen molar-refractivity contribution in [1.29, 1.82) is 0 Å². The molecule has 2 heterocycles. The lowest BCUT2D eigenvalue weighted by atomic mass is 10.1. The van der Waals surface area contributed by atoms with Gasteiger partial charge in [-0.15, -0.1) is 0 Å². The summed E-state index contributed by atoms with van der Waals surface area (Å²) in [4.78, 5) is 34.5. The highest BCUT2D eigenvalue weighted by Crippen LogP contribution is 2.13. The highest BCUT2D eigenvalue weighted by molar-refractivity contribution is 5.83. The van der Waals surface area contributed by atoms with Crippen LogP contribution in [-0.4, -0.2) is 25.4 Å². The van der Waals surface area contributed by atoms with Crippen LogP contribution >= 0.6 is 0 Å². The van der Waals surface area contributed by atoms with Crippen molar-refractivity contribution in [3.05, 3.63) is 86.2 Å². The zero-order valence-electron chi connectivity index (χ0n) is 17.3. The molecule has 0 radical (unpaired) electrons. The number of pyridine rings is 1. The van der Waals surface area contributed by atoms with Crippen LogP contribution in [0.15, 0.2) is 63.1 Å². The summed E-state index contributed by atoms with van der Waals surface area (Å²) in [6.45, 7) is 4.39. The van der Waals surface area contributed by atoms with E-state index in [1.54, 1.807) is 6.07 Å². The minimum Gasteiger partial charge on any atom is -0.494 e. The summed E-state index contributed by atoms with van der Waals surface area (Å²) in [7, 11) is 0. The van der Waals surface area contributed by atoms with E-state index < -0.39 is 11.2 Å². The van der Waals surface area contributed by atoms with Gasteiger partial charge in [-0.05, 0) is 37.5 Å². The van der Waals surface area contributed by atoms with E-state index in [0.29, 0.717) is 25.2 Å². The smallest absolute Gasteiger partial charge is 0.333 e. The Morgan fingerprint density at radius 2 is 1.80 bits per heavy atom. The summed E-state index contributed by atoms with van der Waals surface area (Å²) in [6, 6.07) is 15.0. The minimum absolute atomic E-state index is 0.0120. The van der Waals surface area contributed by atoms with Crippen molar-refractivity contribution in [3.63, 3.8) is 0 Å². The van der Waals surface area contributed by atoms with Gasteiger partial charge < -0.3 is 5.11 Å². The molecule has 7 heteroatoms. The van der Waals surface area contributed by atoms with Gasteiger partial charge in [0.1, 0.15) is 5.56 Å². The lowest BCUT2D eigenvalue weighted by molar-refractivity contribution is 0.382. The van der Waals surface area contributed by atoms with Gasteiger partial charge in [-0.1, -0.05) is 49.7 Å². The monoisotopic (exact) mass is 406 g/mol. The normalized spacial score (nSPS) is 11.3. The van der Waals surface area contributed by atoms with Crippen LogP contribution < -0.4 is 11.2 Å². The number of hydrogen-bond acceptors (Lipinski definition) is 5. The van der Waals surface area contributed by atoms with Crippen LogP contribution in [0.5, 0.6) is 5.88 Å². The Balaban J connectivity index is 2.03. The molecular formula is C23H26N4O3. The Morgan fingerprint density at radius 3 is 2.50 bits per heavy atom. The number of aromatic nitrogens is 3. The van der Waals surface area contributed by atoms with E-state index in [0.717, 1.165) is 17.7 Å². The number of unbranched alkanes of at least 4 members (excludes halogenated alkanes) is 1. The number of benzene rings is 1. The second kappa shape index (κ2) is 9.82. The second-order valence-corrected chi connectivity index (χ2v) is 7.11. The van der Waals surface area contributed by atoms with Gasteiger partial charge in [0, 0.05) is 25.0 Å². The SMILES string of the molecule is CCCCn1c(O)c(C=Nc2cccc(C)n2)c(=O)n(CCc2ccccc2)c1=O. The first-order valence-electron chi connectivity index (χ1n) is 10.1. The lowest BCUT2D eigenvalue weighted by Crippen LogP contribution is -2.42. The summed E-state index contributed by atoms with van der Waals surface area (Å²) in [5.41, 5.74) is 0.741. The highest BCUT2D eigenvalue weighted by Gasteiger charge is 2.17. The molecule has 0 atom stereocenters. The number of aliphatic imine (C=N–C) groups is 1. The van der Waals surface area contributed by atoms with E-state index >= 15 is 0 Å². The van der Waals surface area contributed by atoms with Crippen LogP contribution in [-0.2, 0) is 19.5 Å². The van der Waals surface area contributed by atoms with Crippen molar-refractivity contribution in [1.82, 2.24) is 14.1 Å². The molecule has 1 N–H and O–H groups in total. The van der Waals surface area contributed by atoms with Gasteiger partial charge >= 0.3 is 5.69 Å². The average Bonchev–Trinajstić information content (AvgIpc) is 2.74. The van der Waals surface area contributed by atoms with Crippen molar-refractivity contribution in [2.75, 3.05) is 0 Å². The first-order chi connectivity index (χ1) is 14.5. The number of rotatable bonds is 8. The molecule has 0 bridgehead atoms. The molecule has 3 rings (SSSR count). The fraction of sp³-hybridized carbons (Fsp3) is 0.304. The van der Waals surface area contributed by atoms with Gasteiger partial charge in [0.15, 0.2) is 5.82 Å². The predicted molar refractivity (Wildman–Crippen MR) is 118 cm³/mol. The van der Waals surface area contributed by atoms with Gasteiger partial charge in [-0.25, -0.2) is 14.8 Å². The summed E-state index contributed by atoms with van der Waals surface area (Å²) in [5, 5.41) is 10.7. The Morgan fingerprint density at radius 1 is 1.03 bits per heavy atom. The molecule has 0 fully saturated rings. The van der Waals surface area contributed by atoms with E-state index in [9.17, 15) is 14.7 Å². The topological polar surface area (TPSA) is 89.5 Å². The molecular weight excluding hydrogens is 380 g/mol. The Kier molecular flexibility index (Phi) is 6.95. The minimum atomic E-state index is -0.558. The van der Waals surface area contributed by atoms with Crippen LogP contribution in [0.25, 0.3) is 0 Å². The van der Waals surface area contributed by atoms with Crippen molar-refractivity contribution in [2.24, 2.45) is 4.99 Å². The molecule has 0 spiro atoms. The van der Waals surface area contributed by atoms with Crippen LogP contribution in [0.1, 0.15) is 36.6 Å². The molecule has 156 valence electrons. The van der Waals surface area contributed by atoms with E-state index in [2.05, 4.69) is 9.98 Å². The Bertz CT molecular complexity index is 1150. The third kappa shape index (κ3) is 4.92. The maximum atomic E-state index is 13.0. The fourth-order valence-corrected chi connectivity index (χ4v) is 3.15. The number of hydrogen-bond donors (Lipinski definition) is 1. The third-order valence-corrected chi connectivity index (χ3v) is 4.84. The molecule has 30 heavy (non-hydrogen) atoms. The zero-order valence-corrected chi connectivity index (χ0v) is 17.3. The van der Waals surface area contributed by atoms with Crippen LogP contribution in [0, 0.1) is 6.92 Å². The summed E-state index contributed by atoms with van der Waals surface area (Å²) >= 11 is 0. The molecule has 0 saturated carbocycles. The summed E-state index contributed by atoms with van der Waals surface area (Å²) in [6.07, 6.45) is 3.39. The van der Waals surface area contributed by atoms with Gasteiger partial charge in [0.2, 0.25) is 5.88 Å². The molecule has 0 aliphatic heterocycles. The lowest BCUT2D eigenvalue weighted by Gasteiger charge is -2.14. The van der Waals surface area contributed by atoms with Gasteiger partial charge in [0.25, 0.3) is 5.56 Å². The molecule has 0 aliphatic carbocycles.